The van der Waals surface area contributed by atoms with Gasteiger partial charge in [-0.3, -0.25) is 4.79 Å². The molecule has 1 heterocycles. The molecule has 0 saturated heterocycles. The normalized spacial score (nSPS) is 9.80. The molecule has 0 saturated carbocycles. The highest BCUT2D eigenvalue weighted by atomic mass is 16.5. The molecule has 1 rings (SSSR count). The lowest BCUT2D eigenvalue weighted by Gasteiger charge is -1.91. The third-order valence-electron chi connectivity index (χ3n) is 1.45. The van der Waals surface area contributed by atoms with Gasteiger partial charge in [0.1, 0.15) is 0 Å². The molecule has 1 aromatic rings. The molecule has 0 aromatic carbocycles. The van der Waals surface area contributed by atoms with Gasteiger partial charge in [-0.1, -0.05) is 0 Å². The van der Waals surface area contributed by atoms with Gasteiger partial charge in [0, 0.05) is 11.1 Å². The van der Waals surface area contributed by atoms with Crippen LogP contribution in [0.4, 0.5) is 0 Å². The van der Waals surface area contributed by atoms with E-state index in [-0.39, 0.29) is 5.56 Å². The Balaban J connectivity index is 3.65. The first kappa shape index (κ1) is 6.80. The summed E-state index contributed by atoms with van der Waals surface area (Å²) in [6.45, 7) is 3.13. The second kappa shape index (κ2) is 2.13. The molecular formula is C6H7NO3. The number of H-pyrrole nitrogens is 1. The highest BCUT2D eigenvalue weighted by Crippen LogP contribution is 1.88. The van der Waals surface area contributed by atoms with Crippen molar-refractivity contribution in [3.8, 4) is 0 Å². The van der Waals surface area contributed by atoms with Gasteiger partial charge in [0.25, 0.3) is 5.56 Å². The van der Waals surface area contributed by atoms with E-state index in [0.717, 1.165) is 0 Å². The van der Waals surface area contributed by atoms with Crippen molar-refractivity contribution in [1.82, 2.24) is 5.16 Å². The summed E-state index contributed by atoms with van der Waals surface area (Å²) in [4.78, 5) is 21.4. The van der Waals surface area contributed by atoms with Gasteiger partial charge < -0.3 is 4.52 Å². The van der Waals surface area contributed by atoms with Crippen LogP contribution in [0, 0.1) is 13.8 Å². The monoisotopic (exact) mass is 141 g/mol. The molecule has 0 spiro atoms. The second-order valence-corrected chi connectivity index (χ2v) is 2.07. The van der Waals surface area contributed by atoms with Crippen LogP contribution in [-0.2, 0) is 0 Å². The maximum atomic E-state index is 10.7. The Morgan fingerprint density at radius 2 is 1.80 bits per heavy atom. The van der Waals surface area contributed by atoms with E-state index in [1.54, 1.807) is 13.8 Å². The van der Waals surface area contributed by atoms with Crippen molar-refractivity contribution in [1.29, 1.82) is 0 Å². The van der Waals surface area contributed by atoms with Crippen LogP contribution in [-0.4, -0.2) is 5.16 Å². The maximum absolute atomic E-state index is 10.7. The van der Waals surface area contributed by atoms with Gasteiger partial charge in [0.05, 0.1) is 0 Å². The lowest BCUT2D eigenvalue weighted by Crippen LogP contribution is -2.18. The number of hydrogen-bond acceptors (Lipinski definition) is 3. The van der Waals surface area contributed by atoms with Gasteiger partial charge in [-0.25, -0.2) is 4.79 Å². The molecule has 0 atom stereocenters. The molecule has 4 nitrogen and oxygen atoms in total. The van der Waals surface area contributed by atoms with Crippen LogP contribution in [0.1, 0.15) is 11.1 Å². The topological polar surface area (TPSA) is 63.1 Å². The molecule has 1 N–H and O–H groups in total. The van der Waals surface area contributed by atoms with Crippen molar-refractivity contribution in [2.45, 2.75) is 13.8 Å². The van der Waals surface area contributed by atoms with E-state index in [9.17, 15) is 9.59 Å². The zero-order valence-corrected chi connectivity index (χ0v) is 5.72. The van der Waals surface area contributed by atoms with Crippen LogP contribution in [0.2, 0.25) is 0 Å². The molecule has 0 fully saturated rings. The average molecular weight is 141 g/mol. The maximum Gasteiger partial charge on any atom is 0.359 e. The average Bonchev–Trinajstić information content (AvgIpc) is 1.93. The third-order valence-corrected chi connectivity index (χ3v) is 1.45. The Bertz CT molecular complexity index is 312. The van der Waals surface area contributed by atoms with E-state index in [2.05, 4.69) is 4.52 Å². The number of nitrogens with one attached hydrogen (secondary N) is 1. The first-order chi connectivity index (χ1) is 4.63. The van der Waals surface area contributed by atoms with Gasteiger partial charge >= 0.3 is 5.63 Å². The van der Waals surface area contributed by atoms with E-state index in [1.165, 1.54) is 0 Å². The molecule has 1 aromatic heterocycles. The molecular weight excluding hydrogens is 134 g/mol. The standard InChI is InChI=1S/C6H7NO3/c1-3-4(2)6(9)10-7-5(3)8/h1-2H3,(H,7,8). The Hall–Kier alpha value is -1.32. The van der Waals surface area contributed by atoms with Crippen LogP contribution in [0.15, 0.2) is 14.1 Å². The molecule has 0 amide bonds. The van der Waals surface area contributed by atoms with Gasteiger partial charge in [-0.15, -0.1) is 0 Å². The van der Waals surface area contributed by atoms with Crippen LogP contribution in [0.25, 0.3) is 0 Å². The molecule has 0 aliphatic heterocycles. The first-order valence-corrected chi connectivity index (χ1v) is 2.82. The van der Waals surface area contributed by atoms with Gasteiger partial charge in [0.2, 0.25) is 0 Å². The van der Waals surface area contributed by atoms with E-state index in [4.69, 9.17) is 0 Å². The largest absolute Gasteiger partial charge is 0.359 e. The Labute approximate surface area is 56.5 Å². The Kier molecular flexibility index (Phi) is 1.45. The quantitative estimate of drug-likeness (QED) is 0.550. The van der Waals surface area contributed by atoms with E-state index < -0.39 is 5.63 Å². The molecule has 4 heteroatoms. The summed E-state index contributed by atoms with van der Waals surface area (Å²) in [7, 11) is 0. The zero-order valence-electron chi connectivity index (χ0n) is 5.72. The first-order valence-electron chi connectivity index (χ1n) is 2.82. The summed E-state index contributed by atoms with van der Waals surface area (Å²) in [5.74, 6) is 0. The summed E-state index contributed by atoms with van der Waals surface area (Å²) < 4.78 is 4.28. The summed E-state index contributed by atoms with van der Waals surface area (Å²) >= 11 is 0. The molecule has 0 aliphatic rings. The zero-order chi connectivity index (χ0) is 7.72. The molecule has 0 unspecified atom stereocenters. The SMILES string of the molecule is Cc1c(C)c(=O)o[nH]c1=O. The van der Waals surface area contributed by atoms with Crippen molar-refractivity contribution in [2.24, 2.45) is 0 Å². The van der Waals surface area contributed by atoms with Crippen LogP contribution in [0.5, 0.6) is 0 Å². The van der Waals surface area contributed by atoms with Crippen molar-refractivity contribution in [3.63, 3.8) is 0 Å². The minimum atomic E-state index is -0.489. The summed E-state index contributed by atoms with van der Waals surface area (Å²) in [6.07, 6.45) is 0. The van der Waals surface area contributed by atoms with Crippen LogP contribution < -0.4 is 11.2 Å². The molecule has 10 heavy (non-hydrogen) atoms. The predicted molar refractivity (Wildman–Crippen MR) is 35.1 cm³/mol. The fraction of sp³-hybridized carbons (Fsp3) is 0.333. The summed E-state index contributed by atoms with van der Waals surface area (Å²) in [5.41, 5.74) is -0.0609. The fourth-order valence-corrected chi connectivity index (χ4v) is 0.569. The smallest absolute Gasteiger partial charge is 0.335 e. The Morgan fingerprint density at radius 3 is 2.30 bits per heavy atom. The van der Waals surface area contributed by atoms with E-state index in [0.29, 0.717) is 11.1 Å². The number of aromatic nitrogens is 1. The molecule has 0 aliphatic carbocycles. The van der Waals surface area contributed by atoms with Gasteiger partial charge in [-0.2, -0.15) is 5.16 Å². The van der Waals surface area contributed by atoms with Crippen LogP contribution in [0.3, 0.4) is 0 Å². The number of hydrogen-bond donors (Lipinski definition) is 1. The summed E-state index contributed by atoms with van der Waals surface area (Å²) in [6, 6.07) is 0. The van der Waals surface area contributed by atoms with E-state index >= 15 is 0 Å². The number of aromatic amines is 1. The minimum absolute atomic E-state index is 0.350. The summed E-state index contributed by atoms with van der Waals surface area (Å²) in [5, 5.41) is 1.97. The van der Waals surface area contributed by atoms with E-state index in [1.807, 2.05) is 5.16 Å². The highest BCUT2D eigenvalue weighted by Gasteiger charge is 2.01. The van der Waals surface area contributed by atoms with Gasteiger partial charge in [-0.05, 0) is 13.8 Å². The van der Waals surface area contributed by atoms with Crippen molar-refractivity contribution in [2.75, 3.05) is 0 Å². The molecule has 0 radical (unpaired) electrons. The van der Waals surface area contributed by atoms with Crippen molar-refractivity contribution in [3.05, 3.63) is 31.9 Å². The van der Waals surface area contributed by atoms with Crippen molar-refractivity contribution >= 4 is 0 Å². The second-order valence-electron chi connectivity index (χ2n) is 2.07. The van der Waals surface area contributed by atoms with Crippen molar-refractivity contribution < 1.29 is 4.52 Å². The number of rotatable bonds is 0. The highest BCUT2D eigenvalue weighted by molar-refractivity contribution is 5.15. The van der Waals surface area contributed by atoms with Gasteiger partial charge in [0.15, 0.2) is 0 Å². The fourth-order valence-electron chi connectivity index (χ4n) is 0.569. The lowest BCUT2D eigenvalue weighted by molar-refractivity contribution is 0.355. The Morgan fingerprint density at radius 1 is 1.20 bits per heavy atom. The third kappa shape index (κ3) is 0.877. The lowest BCUT2D eigenvalue weighted by atomic mass is 10.2. The predicted octanol–water partition coefficient (Wildman–Crippen LogP) is -0.0551. The molecule has 0 bridgehead atoms. The minimum Gasteiger partial charge on any atom is -0.335 e. The molecule has 54 valence electrons. The van der Waals surface area contributed by atoms with Crippen LogP contribution >= 0.6 is 0 Å².